The van der Waals surface area contributed by atoms with Crippen LogP contribution in [0.15, 0.2) is 11.4 Å². The Morgan fingerprint density at radius 1 is 1.44 bits per heavy atom. The monoisotopic (exact) mass is 236 g/mol. The number of nitrogens with zero attached hydrogens (tertiary/aromatic N) is 1. The minimum Gasteiger partial charge on any atom is -0.327 e. The summed E-state index contributed by atoms with van der Waals surface area (Å²) in [5.74, 6) is 0.750. The smallest absolute Gasteiger partial charge is 0.0245 e. The maximum atomic E-state index is 6.15. The van der Waals surface area contributed by atoms with E-state index in [4.69, 9.17) is 5.73 Å². The molecule has 0 saturated heterocycles. The molecule has 88 valence electrons. The number of fused-ring (bicyclic) bond motifs is 1. The summed E-state index contributed by atoms with van der Waals surface area (Å²) >= 11 is 1.92. The first-order chi connectivity index (χ1) is 7.83. The standard InChI is InChI=1S/C13H20N2S/c14-12-3-1-2-10(12)8-15-6-4-13-11(9-15)5-7-16-13/h5,7,10,12H,1-4,6,8-9,14H2. The molecule has 1 aromatic rings. The zero-order valence-corrected chi connectivity index (χ0v) is 10.5. The summed E-state index contributed by atoms with van der Waals surface area (Å²) in [6.45, 7) is 3.61. The number of nitrogens with two attached hydrogens (primary N) is 1. The van der Waals surface area contributed by atoms with Crippen LogP contribution in [0.1, 0.15) is 29.7 Å². The number of hydrogen-bond acceptors (Lipinski definition) is 3. The minimum atomic E-state index is 0.462. The van der Waals surface area contributed by atoms with Crippen molar-refractivity contribution in [1.82, 2.24) is 4.90 Å². The van der Waals surface area contributed by atoms with Crippen LogP contribution in [0.4, 0.5) is 0 Å². The van der Waals surface area contributed by atoms with Crippen molar-refractivity contribution in [3.05, 3.63) is 21.9 Å². The molecule has 1 aliphatic heterocycles. The van der Waals surface area contributed by atoms with Crippen molar-refractivity contribution in [3.8, 4) is 0 Å². The zero-order chi connectivity index (χ0) is 11.0. The van der Waals surface area contributed by atoms with Crippen molar-refractivity contribution in [1.29, 1.82) is 0 Å². The summed E-state index contributed by atoms with van der Waals surface area (Å²) in [5, 5.41) is 2.23. The number of hydrogen-bond donors (Lipinski definition) is 1. The van der Waals surface area contributed by atoms with E-state index in [1.165, 1.54) is 38.8 Å². The molecule has 1 aromatic heterocycles. The van der Waals surface area contributed by atoms with Gasteiger partial charge in [0.25, 0.3) is 0 Å². The van der Waals surface area contributed by atoms with Crippen molar-refractivity contribution in [2.75, 3.05) is 13.1 Å². The van der Waals surface area contributed by atoms with E-state index in [1.54, 1.807) is 10.4 Å². The van der Waals surface area contributed by atoms with E-state index in [-0.39, 0.29) is 0 Å². The molecule has 2 aliphatic rings. The second-order valence-electron chi connectivity index (χ2n) is 5.21. The molecule has 0 amide bonds. The molecule has 16 heavy (non-hydrogen) atoms. The molecule has 1 aliphatic carbocycles. The highest BCUT2D eigenvalue weighted by molar-refractivity contribution is 7.10. The Labute approximate surface area is 101 Å². The Balaban J connectivity index is 1.61. The quantitative estimate of drug-likeness (QED) is 0.853. The Morgan fingerprint density at radius 3 is 3.19 bits per heavy atom. The lowest BCUT2D eigenvalue weighted by molar-refractivity contribution is 0.208. The van der Waals surface area contributed by atoms with Crippen molar-refractivity contribution in [3.63, 3.8) is 0 Å². The van der Waals surface area contributed by atoms with Crippen LogP contribution < -0.4 is 5.73 Å². The Bertz CT molecular complexity index is 361. The highest BCUT2D eigenvalue weighted by Crippen LogP contribution is 2.28. The van der Waals surface area contributed by atoms with Gasteiger partial charge < -0.3 is 5.73 Å². The fourth-order valence-corrected chi connectivity index (χ4v) is 3.98. The predicted octanol–water partition coefficient (Wildman–Crippen LogP) is 2.23. The summed E-state index contributed by atoms with van der Waals surface area (Å²) in [6.07, 6.45) is 5.16. The van der Waals surface area contributed by atoms with Crippen molar-refractivity contribution >= 4 is 11.3 Å². The molecule has 2 heterocycles. The molecule has 0 aromatic carbocycles. The maximum Gasteiger partial charge on any atom is 0.0245 e. The fourth-order valence-electron chi connectivity index (χ4n) is 3.09. The van der Waals surface area contributed by atoms with Gasteiger partial charge in [0.1, 0.15) is 0 Å². The summed E-state index contributed by atoms with van der Waals surface area (Å²) in [4.78, 5) is 4.21. The molecule has 1 fully saturated rings. The Hall–Kier alpha value is -0.380. The third-order valence-corrected chi connectivity index (χ3v) is 5.12. The minimum absolute atomic E-state index is 0.462. The van der Waals surface area contributed by atoms with Crippen LogP contribution >= 0.6 is 11.3 Å². The molecular weight excluding hydrogens is 216 g/mol. The van der Waals surface area contributed by atoms with E-state index >= 15 is 0 Å². The van der Waals surface area contributed by atoms with Crippen molar-refractivity contribution in [2.45, 2.75) is 38.3 Å². The zero-order valence-electron chi connectivity index (χ0n) is 9.69. The Morgan fingerprint density at radius 2 is 2.38 bits per heavy atom. The first-order valence-corrected chi connectivity index (χ1v) is 7.24. The third-order valence-electron chi connectivity index (χ3n) is 4.10. The van der Waals surface area contributed by atoms with Crippen LogP contribution in [0.25, 0.3) is 0 Å². The second-order valence-corrected chi connectivity index (χ2v) is 6.21. The lowest BCUT2D eigenvalue weighted by Gasteiger charge is -2.30. The van der Waals surface area contributed by atoms with Gasteiger partial charge in [-0.2, -0.15) is 0 Å². The summed E-state index contributed by atoms with van der Waals surface area (Å²) in [7, 11) is 0. The van der Waals surface area contributed by atoms with E-state index < -0.39 is 0 Å². The molecule has 2 nitrogen and oxygen atoms in total. The summed E-state index contributed by atoms with van der Waals surface area (Å²) < 4.78 is 0. The molecule has 2 unspecified atom stereocenters. The summed E-state index contributed by atoms with van der Waals surface area (Å²) in [5.41, 5.74) is 7.70. The summed E-state index contributed by atoms with van der Waals surface area (Å²) in [6, 6.07) is 2.75. The largest absolute Gasteiger partial charge is 0.327 e. The lowest BCUT2D eigenvalue weighted by Crippen LogP contribution is -2.38. The van der Waals surface area contributed by atoms with Gasteiger partial charge in [-0.05, 0) is 42.2 Å². The van der Waals surface area contributed by atoms with Crippen LogP contribution in [-0.2, 0) is 13.0 Å². The molecule has 0 spiro atoms. The van der Waals surface area contributed by atoms with Crippen LogP contribution in [0.2, 0.25) is 0 Å². The average molecular weight is 236 g/mol. The topological polar surface area (TPSA) is 29.3 Å². The first kappa shape index (κ1) is 10.8. The normalized spacial score (nSPS) is 30.6. The van der Waals surface area contributed by atoms with Gasteiger partial charge >= 0.3 is 0 Å². The predicted molar refractivity (Wildman–Crippen MR) is 68.6 cm³/mol. The SMILES string of the molecule is NC1CCCC1CN1CCc2sccc2C1. The molecule has 0 radical (unpaired) electrons. The molecular formula is C13H20N2S. The van der Waals surface area contributed by atoms with Gasteiger partial charge in [0.05, 0.1) is 0 Å². The maximum absolute atomic E-state index is 6.15. The second kappa shape index (κ2) is 4.47. The van der Waals surface area contributed by atoms with Crippen LogP contribution in [0.5, 0.6) is 0 Å². The van der Waals surface area contributed by atoms with Crippen LogP contribution in [0.3, 0.4) is 0 Å². The molecule has 3 rings (SSSR count). The highest BCUT2D eigenvalue weighted by atomic mass is 32.1. The van der Waals surface area contributed by atoms with Gasteiger partial charge in [-0.1, -0.05) is 6.42 Å². The number of thiophene rings is 1. The van der Waals surface area contributed by atoms with Gasteiger partial charge in [-0.3, -0.25) is 4.90 Å². The number of rotatable bonds is 2. The first-order valence-electron chi connectivity index (χ1n) is 6.36. The lowest BCUT2D eigenvalue weighted by atomic mass is 10.0. The van der Waals surface area contributed by atoms with E-state index in [0.717, 1.165) is 12.5 Å². The molecule has 3 heteroatoms. The van der Waals surface area contributed by atoms with E-state index in [9.17, 15) is 0 Å². The van der Waals surface area contributed by atoms with Gasteiger partial charge in [-0.25, -0.2) is 0 Å². The fraction of sp³-hybridized carbons (Fsp3) is 0.692. The Kier molecular flexibility index (Phi) is 3.01. The highest BCUT2D eigenvalue weighted by Gasteiger charge is 2.27. The molecule has 1 saturated carbocycles. The molecule has 0 bridgehead atoms. The third kappa shape index (κ3) is 2.04. The van der Waals surface area contributed by atoms with Gasteiger partial charge in [0.15, 0.2) is 0 Å². The van der Waals surface area contributed by atoms with E-state index in [2.05, 4.69) is 16.3 Å². The van der Waals surface area contributed by atoms with Crippen LogP contribution in [0, 0.1) is 5.92 Å². The average Bonchev–Trinajstić information content (AvgIpc) is 2.88. The molecule has 2 N–H and O–H groups in total. The van der Waals surface area contributed by atoms with Gasteiger partial charge in [-0.15, -0.1) is 11.3 Å². The van der Waals surface area contributed by atoms with Gasteiger partial charge in [0, 0.05) is 30.6 Å². The van der Waals surface area contributed by atoms with Gasteiger partial charge in [0.2, 0.25) is 0 Å². The van der Waals surface area contributed by atoms with Crippen molar-refractivity contribution in [2.24, 2.45) is 11.7 Å². The molecule has 2 atom stereocenters. The van der Waals surface area contributed by atoms with E-state index in [1.807, 2.05) is 11.3 Å². The van der Waals surface area contributed by atoms with Crippen LogP contribution in [-0.4, -0.2) is 24.0 Å². The van der Waals surface area contributed by atoms with E-state index in [0.29, 0.717) is 6.04 Å². The van der Waals surface area contributed by atoms with Crippen molar-refractivity contribution < 1.29 is 0 Å².